The number of nitrogens with zero attached hydrogens (tertiary/aromatic N) is 5. The number of benzene rings is 2. The summed E-state index contributed by atoms with van der Waals surface area (Å²) in [7, 11) is 1.90. The van der Waals surface area contributed by atoms with Crippen LogP contribution in [0.4, 0.5) is 4.39 Å². The second-order valence-electron chi connectivity index (χ2n) is 11.6. The van der Waals surface area contributed by atoms with Crippen LogP contribution in [0.25, 0.3) is 22.0 Å². The van der Waals surface area contributed by atoms with E-state index in [0.717, 1.165) is 47.8 Å². The molecule has 2 saturated carbocycles. The molecule has 190 valence electrons. The zero-order chi connectivity index (χ0) is 25.5. The lowest BCUT2D eigenvalue weighted by Crippen LogP contribution is -2.41. The van der Waals surface area contributed by atoms with Crippen molar-refractivity contribution in [3.8, 4) is 11.1 Å². The Bertz CT molecular complexity index is 1500. The van der Waals surface area contributed by atoms with Crippen molar-refractivity contribution in [2.75, 3.05) is 19.6 Å². The second kappa shape index (κ2) is 7.73. The molecule has 37 heavy (non-hydrogen) atoms. The molecule has 2 aromatic carbocycles. The molecule has 0 N–H and O–H groups in total. The summed E-state index contributed by atoms with van der Waals surface area (Å²) in [6.45, 7) is 3.88. The van der Waals surface area contributed by atoms with Crippen molar-refractivity contribution >= 4 is 28.6 Å². The number of carbonyl (C=O) groups excluding carboxylic acids is 2. The van der Waals surface area contributed by atoms with E-state index in [9.17, 15) is 9.59 Å². The van der Waals surface area contributed by atoms with Gasteiger partial charge in [0, 0.05) is 37.5 Å². The summed E-state index contributed by atoms with van der Waals surface area (Å²) in [4.78, 5) is 34.6. The Balaban J connectivity index is 1.14. The van der Waals surface area contributed by atoms with Gasteiger partial charge in [0.1, 0.15) is 17.2 Å². The minimum atomic E-state index is -0.707. The lowest BCUT2D eigenvalue weighted by Gasteiger charge is -2.24. The summed E-state index contributed by atoms with van der Waals surface area (Å²) in [6.07, 6.45) is 6.00. The van der Waals surface area contributed by atoms with Crippen LogP contribution in [-0.2, 0) is 16.6 Å². The smallest absolute Gasteiger partial charge is 0.256 e. The van der Waals surface area contributed by atoms with Crippen LogP contribution in [0.2, 0.25) is 0 Å². The number of aromatic nitrogens is 2. The van der Waals surface area contributed by atoms with Crippen molar-refractivity contribution in [2.24, 2.45) is 23.4 Å². The average molecular weight is 500 g/mol. The molecule has 2 aliphatic carbocycles. The molecule has 1 aromatic heterocycles. The Morgan fingerprint density at radius 2 is 1.86 bits per heavy atom. The zero-order valence-corrected chi connectivity index (χ0v) is 21.2. The van der Waals surface area contributed by atoms with E-state index >= 15 is 4.39 Å². The van der Waals surface area contributed by atoms with Crippen LogP contribution in [0.15, 0.2) is 47.6 Å². The van der Waals surface area contributed by atoms with E-state index < -0.39 is 5.54 Å². The quantitative estimate of drug-likeness (QED) is 0.530. The predicted octanol–water partition coefficient (Wildman–Crippen LogP) is 4.15. The number of amides is 2. The first-order chi connectivity index (χ1) is 17.8. The molecular formula is C29H30FN5O2. The highest BCUT2D eigenvalue weighted by molar-refractivity contribution is 6.16. The number of amidine groups is 1. The molecule has 0 unspecified atom stereocenters. The lowest BCUT2D eigenvalue weighted by atomic mass is 10.0. The number of halogens is 1. The van der Waals surface area contributed by atoms with Gasteiger partial charge in [-0.05, 0) is 73.4 Å². The number of rotatable bonds is 5. The van der Waals surface area contributed by atoms with Crippen LogP contribution in [0, 0.1) is 17.2 Å². The minimum Gasteiger partial charge on any atom is -0.342 e. The highest BCUT2D eigenvalue weighted by atomic mass is 19.1. The fourth-order valence-electron chi connectivity index (χ4n) is 5.90. The second-order valence-corrected chi connectivity index (χ2v) is 11.6. The molecule has 2 amide bonds. The van der Waals surface area contributed by atoms with E-state index in [2.05, 4.69) is 5.10 Å². The van der Waals surface area contributed by atoms with Gasteiger partial charge in [0.15, 0.2) is 0 Å². The van der Waals surface area contributed by atoms with Crippen molar-refractivity contribution in [2.45, 2.75) is 44.6 Å². The highest BCUT2D eigenvalue weighted by Crippen LogP contribution is 2.48. The largest absolute Gasteiger partial charge is 0.342 e. The van der Waals surface area contributed by atoms with E-state index in [1.165, 1.54) is 6.07 Å². The number of likely N-dealkylation sites (tertiary alicyclic amines) is 1. The van der Waals surface area contributed by atoms with E-state index in [0.29, 0.717) is 37.3 Å². The molecule has 1 saturated heterocycles. The summed E-state index contributed by atoms with van der Waals surface area (Å²) in [5.74, 6) is 0.437. The molecule has 7 nitrogen and oxygen atoms in total. The van der Waals surface area contributed by atoms with Gasteiger partial charge in [-0.25, -0.2) is 4.39 Å². The third kappa shape index (κ3) is 3.60. The van der Waals surface area contributed by atoms with Crippen molar-refractivity contribution in [1.82, 2.24) is 19.6 Å². The topological polar surface area (TPSA) is 70.8 Å². The maximum atomic E-state index is 15.6. The van der Waals surface area contributed by atoms with Crippen LogP contribution in [0.3, 0.4) is 0 Å². The molecule has 3 fully saturated rings. The monoisotopic (exact) mass is 499 g/mol. The summed E-state index contributed by atoms with van der Waals surface area (Å²) < 4.78 is 17.4. The number of carbonyl (C=O) groups is 2. The Labute approximate surface area is 214 Å². The Morgan fingerprint density at radius 1 is 1.11 bits per heavy atom. The normalized spacial score (nSPS) is 23.3. The van der Waals surface area contributed by atoms with Gasteiger partial charge in [-0.1, -0.05) is 19.1 Å². The van der Waals surface area contributed by atoms with Gasteiger partial charge in [-0.15, -0.1) is 0 Å². The van der Waals surface area contributed by atoms with Crippen molar-refractivity contribution in [3.63, 3.8) is 0 Å². The Kier molecular flexibility index (Phi) is 4.73. The molecule has 1 atom stereocenters. The molecular weight excluding hydrogens is 469 g/mol. The maximum Gasteiger partial charge on any atom is 0.256 e. The van der Waals surface area contributed by atoms with E-state index in [4.69, 9.17) is 4.99 Å². The zero-order valence-electron chi connectivity index (χ0n) is 21.2. The van der Waals surface area contributed by atoms with E-state index in [1.54, 1.807) is 17.2 Å². The van der Waals surface area contributed by atoms with Crippen molar-refractivity contribution in [1.29, 1.82) is 0 Å². The molecule has 3 heterocycles. The third-order valence-corrected chi connectivity index (χ3v) is 8.76. The van der Waals surface area contributed by atoms with E-state index in [-0.39, 0.29) is 29.0 Å². The average Bonchev–Trinajstić information content (AvgIpc) is 3.72. The first kappa shape index (κ1) is 22.6. The SMILES string of the molecule is Cn1ncc2cc(-c3ccc(C4=NC5(CC5)C(=O)N4C[C@@H]4CCN(C(=O)C5(C)CC5)C4)c(F)c3)ccc21. The van der Waals surface area contributed by atoms with Crippen molar-refractivity contribution in [3.05, 3.63) is 54.0 Å². The van der Waals surface area contributed by atoms with Gasteiger partial charge in [0.25, 0.3) is 5.91 Å². The maximum absolute atomic E-state index is 15.6. The molecule has 3 aromatic rings. The van der Waals surface area contributed by atoms with Gasteiger partial charge in [-0.3, -0.25) is 24.2 Å². The fourth-order valence-corrected chi connectivity index (χ4v) is 5.90. The first-order valence-corrected chi connectivity index (χ1v) is 13.2. The first-order valence-electron chi connectivity index (χ1n) is 13.2. The molecule has 7 rings (SSSR count). The molecule has 1 spiro atoms. The number of fused-ring (bicyclic) bond motifs is 1. The minimum absolute atomic E-state index is 0.0214. The molecule has 0 radical (unpaired) electrons. The van der Waals surface area contributed by atoms with E-state index in [1.807, 2.05) is 47.8 Å². The summed E-state index contributed by atoms with van der Waals surface area (Å²) >= 11 is 0. The Hall–Kier alpha value is -3.55. The third-order valence-electron chi connectivity index (χ3n) is 8.76. The Morgan fingerprint density at radius 3 is 2.59 bits per heavy atom. The number of aryl methyl sites for hydroxylation is 1. The summed E-state index contributed by atoms with van der Waals surface area (Å²) in [6, 6.07) is 11.1. The molecule has 8 heteroatoms. The highest BCUT2D eigenvalue weighted by Gasteiger charge is 2.58. The van der Waals surface area contributed by atoms with Crippen molar-refractivity contribution < 1.29 is 14.0 Å². The molecule has 2 aliphatic heterocycles. The molecule has 0 bridgehead atoms. The standard InChI is InChI=1S/C29H30FN5O2/c1-28(8-9-28)26(36)34-12-7-18(16-34)17-35-25(32-29(10-11-29)27(35)37)22-5-3-20(14-23(22)30)19-4-6-24-21(13-19)15-31-33(24)2/h3-6,13-15,18H,7-12,16-17H2,1-2H3/t18-/m1/s1. The van der Waals surface area contributed by atoms with Gasteiger partial charge in [0.2, 0.25) is 5.91 Å². The van der Waals surface area contributed by atoms with Crippen LogP contribution >= 0.6 is 0 Å². The van der Waals surface area contributed by atoms with Gasteiger partial charge in [0.05, 0.1) is 17.3 Å². The van der Waals surface area contributed by atoms with Crippen LogP contribution < -0.4 is 0 Å². The van der Waals surface area contributed by atoms with Crippen LogP contribution in [0.1, 0.15) is 44.6 Å². The van der Waals surface area contributed by atoms with Gasteiger partial charge < -0.3 is 4.90 Å². The van der Waals surface area contributed by atoms with Gasteiger partial charge >= 0.3 is 0 Å². The number of hydrogen-bond donors (Lipinski definition) is 0. The number of hydrogen-bond acceptors (Lipinski definition) is 4. The lowest BCUT2D eigenvalue weighted by molar-refractivity contribution is -0.135. The van der Waals surface area contributed by atoms with Crippen LogP contribution in [0.5, 0.6) is 0 Å². The molecule has 4 aliphatic rings. The van der Waals surface area contributed by atoms with Gasteiger partial charge in [-0.2, -0.15) is 5.10 Å². The summed E-state index contributed by atoms with van der Waals surface area (Å²) in [5, 5.41) is 5.29. The van der Waals surface area contributed by atoms with Crippen LogP contribution in [-0.4, -0.2) is 62.4 Å². The fraction of sp³-hybridized carbons (Fsp3) is 0.448. The number of aliphatic imine (C=N–C) groups is 1. The summed E-state index contributed by atoms with van der Waals surface area (Å²) in [5.41, 5.74) is 2.16. The predicted molar refractivity (Wildman–Crippen MR) is 138 cm³/mol.